The number of hydrogen-bond donors (Lipinski definition) is 1. The maximum Gasteiger partial charge on any atom is 0.265 e. The summed E-state index contributed by atoms with van der Waals surface area (Å²) < 4.78 is 5.82. The van der Waals surface area contributed by atoms with Crippen LogP contribution in [0.1, 0.15) is 50.5 Å². The van der Waals surface area contributed by atoms with Gasteiger partial charge in [-0.1, -0.05) is 57.2 Å². The topological polar surface area (TPSA) is 58.6 Å². The van der Waals surface area contributed by atoms with Crippen molar-refractivity contribution in [2.24, 2.45) is 0 Å². The fourth-order valence-corrected chi connectivity index (χ4v) is 3.47. The van der Waals surface area contributed by atoms with E-state index in [0.29, 0.717) is 23.5 Å². The second-order valence-corrected chi connectivity index (χ2v) is 8.99. The lowest BCUT2D eigenvalue weighted by Crippen LogP contribution is -2.31. The van der Waals surface area contributed by atoms with E-state index in [2.05, 4.69) is 26.1 Å². The van der Waals surface area contributed by atoms with Crippen molar-refractivity contribution in [3.8, 4) is 5.75 Å². The molecule has 0 aliphatic heterocycles. The summed E-state index contributed by atoms with van der Waals surface area (Å²) in [5.74, 6) is 0.231. The number of carbonyl (C=O) groups excluding carboxylic acids is 2. The number of ether oxygens (including phenoxy) is 1. The van der Waals surface area contributed by atoms with Crippen LogP contribution in [0.25, 0.3) is 0 Å². The van der Waals surface area contributed by atoms with Crippen molar-refractivity contribution >= 4 is 23.2 Å². The molecule has 0 saturated carbocycles. The number of nitrogens with one attached hydrogen (secondary N) is 1. The third-order valence-corrected chi connectivity index (χ3v) is 5.41. The van der Waals surface area contributed by atoms with E-state index in [1.807, 2.05) is 61.5 Å². The van der Waals surface area contributed by atoms with Gasteiger partial charge in [0.1, 0.15) is 5.75 Å². The third-order valence-electron chi connectivity index (χ3n) is 5.41. The highest BCUT2D eigenvalue weighted by atomic mass is 16.5. The largest absolute Gasteiger partial charge is 0.481 e. The molecule has 0 spiro atoms. The quantitative estimate of drug-likeness (QED) is 0.482. The fourth-order valence-electron chi connectivity index (χ4n) is 3.47. The molecule has 0 aliphatic rings. The Morgan fingerprint density at radius 3 is 2.21 bits per heavy atom. The molecule has 0 aliphatic carbocycles. The van der Waals surface area contributed by atoms with Gasteiger partial charge in [0.25, 0.3) is 11.8 Å². The third kappa shape index (κ3) is 6.22. The number of rotatable bonds is 7. The zero-order valence-electron chi connectivity index (χ0n) is 20.0. The van der Waals surface area contributed by atoms with Crippen LogP contribution in [0.5, 0.6) is 5.75 Å². The molecule has 0 saturated heterocycles. The first kappa shape index (κ1) is 24.1. The van der Waals surface area contributed by atoms with Gasteiger partial charge in [0.2, 0.25) is 0 Å². The molecular weight excluding hydrogens is 412 g/mol. The number of hydrogen-bond acceptors (Lipinski definition) is 3. The van der Waals surface area contributed by atoms with Crippen LogP contribution >= 0.6 is 0 Å². The summed E-state index contributed by atoms with van der Waals surface area (Å²) in [6.07, 6.45) is -0.693. The minimum Gasteiger partial charge on any atom is -0.481 e. The number of para-hydroxylation sites is 1. The molecule has 5 nitrogen and oxygen atoms in total. The molecule has 2 amide bonds. The van der Waals surface area contributed by atoms with E-state index in [0.717, 1.165) is 5.69 Å². The molecule has 0 bridgehead atoms. The summed E-state index contributed by atoms with van der Waals surface area (Å²) in [5, 5.41) is 2.85. The van der Waals surface area contributed by atoms with Crippen molar-refractivity contribution in [2.45, 2.75) is 46.1 Å². The predicted octanol–water partition coefficient (Wildman–Crippen LogP) is 6.06. The van der Waals surface area contributed by atoms with Gasteiger partial charge in [0, 0.05) is 23.5 Å². The summed E-state index contributed by atoms with van der Waals surface area (Å²) >= 11 is 0. The maximum absolute atomic E-state index is 13.1. The first-order valence-corrected chi connectivity index (χ1v) is 11.2. The molecule has 3 aromatic carbocycles. The number of amides is 2. The predicted molar refractivity (Wildman–Crippen MR) is 134 cm³/mol. The van der Waals surface area contributed by atoms with Gasteiger partial charge in [-0.25, -0.2) is 0 Å². The molecule has 5 heteroatoms. The molecule has 0 radical (unpaired) electrons. The van der Waals surface area contributed by atoms with E-state index in [1.165, 1.54) is 5.56 Å². The number of carbonyl (C=O) groups is 2. The van der Waals surface area contributed by atoms with Crippen LogP contribution < -0.4 is 15.0 Å². The van der Waals surface area contributed by atoms with Crippen molar-refractivity contribution in [2.75, 3.05) is 16.8 Å². The van der Waals surface area contributed by atoms with E-state index in [9.17, 15) is 9.59 Å². The van der Waals surface area contributed by atoms with E-state index in [4.69, 9.17) is 4.74 Å². The Kier molecular flexibility index (Phi) is 7.54. The molecular formula is C28H32N2O3. The zero-order chi connectivity index (χ0) is 24.0. The van der Waals surface area contributed by atoms with Crippen molar-refractivity contribution in [3.63, 3.8) is 0 Å². The van der Waals surface area contributed by atoms with E-state index in [-0.39, 0.29) is 17.2 Å². The molecule has 0 heterocycles. The molecule has 0 fully saturated rings. The summed E-state index contributed by atoms with van der Waals surface area (Å²) in [7, 11) is 0. The molecule has 0 aromatic heterocycles. The van der Waals surface area contributed by atoms with Crippen LogP contribution in [0.4, 0.5) is 11.4 Å². The Morgan fingerprint density at radius 1 is 0.939 bits per heavy atom. The Hall–Kier alpha value is -3.60. The van der Waals surface area contributed by atoms with Gasteiger partial charge in [-0.3, -0.25) is 9.59 Å². The minimum absolute atomic E-state index is 0.0534. The molecule has 1 N–H and O–H groups in total. The number of benzene rings is 3. The van der Waals surface area contributed by atoms with Gasteiger partial charge in [0.15, 0.2) is 6.10 Å². The average molecular weight is 445 g/mol. The van der Waals surface area contributed by atoms with Gasteiger partial charge < -0.3 is 15.0 Å². The lowest BCUT2D eigenvalue weighted by atomic mass is 9.87. The highest BCUT2D eigenvalue weighted by Crippen LogP contribution is 2.25. The van der Waals surface area contributed by atoms with Gasteiger partial charge >= 0.3 is 0 Å². The Balaban J connectivity index is 1.66. The number of nitrogens with zero attached hydrogens (tertiary/aromatic N) is 1. The van der Waals surface area contributed by atoms with E-state index < -0.39 is 6.10 Å². The standard InChI is InChI=1S/C28H32N2O3/c1-6-30(24-13-8-7-9-14-24)27(32)21-11-10-12-23(19-21)29-26(31)20(2)33-25-17-15-22(16-18-25)28(3,4)5/h7-20H,6H2,1-5H3,(H,29,31). The first-order chi connectivity index (χ1) is 15.7. The van der Waals surface area contributed by atoms with Crippen LogP contribution in [0, 0.1) is 0 Å². The summed E-state index contributed by atoms with van der Waals surface area (Å²) in [4.78, 5) is 27.5. The van der Waals surface area contributed by atoms with Crippen LogP contribution in [-0.4, -0.2) is 24.5 Å². The maximum atomic E-state index is 13.1. The monoisotopic (exact) mass is 444 g/mol. The van der Waals surface area contributed by atoms with E-state index >= 15 is 0 Å². The normalized spacial score (nSPS) is 12.0. The summed E-state index contributed by atoms with van der Waals surface area (Å²) in [5.41, 5.74) is 3.14. The van der Waals surface area contributed by atoms with Crippen molar-refractivity contribution in [3.05, 3.63) is 90.0 Å². The molecule has 1 atom stereocenters. The van der Waals surface area contributed by atoms with Gasteiger partial charge in [-0.15, -0.1) is 0 Å². The van der Waals surface area contributed by atoms with Crippen LogP contribution in [0.15, 0.2) is 78.9 Å². The highest BCUT2D eigenvalue weighted by molar-refractivity contribution is 6.07. The molecule has 3 rings (SSSR count). The highest BCUT2D eigenvalue weighted by Gasteiger charge is 2.19. The summed E-state index contributed by atoms with van der Waals surface area (Å²) in [6, 6.07) is 24.3. The minimum atomic E-state index is -0.693. The van der Waals surface area contributed by atoms with Gasteiger partial charge in [-0.2, -0.15) is 0 Å². The van der Waals surface area contributed by atoms with Crippen molar-refractivity contribution in [1.29, 1.82) is 0 Å². The SMILES string of the molecule is CCN(C(=O)c1cccc(NC(=O)C(C)Oc2ccc(C(C)(C)C)cc2)c1)c1ccccc1. The van der Waals surface area contributed by atoms with Crippen LogP contribution in [0.2, 0.25) is 0 Å². The fraction of sp³-hybridized carbons (Fsp3) is 0.286. The van der Waals surface area contributed by atoms with E-state index in [1.54, 1.807) is 36.1 Å². The van der Waals surface area contributed by atoms with Crippen LogP contribution in [0.3, 0.4) is 0 Å². The summed E-state index contributed by atoms with van der Waals surface area (Å²) in [6.45, 7) is 10.6. The zero-order valence-corrected chi connectivity index (χ0v) is 20.0. The Labute approximate surface area is 196 Å². The molecule has 3 aromatic rings. The van der Waals surface area contributed by atoms with Gasteiger partial charge in [-0.05, 0) is 67.3 Å². The number of anilines is 2. The Bertz CT molecular complexity index is 1090. The van der Waals surface area contributed by atoms with Gasteiger partial charge in [0.05, 0.1) is 0 Å². The Morgan fingerprint density at radius 2 is 1.61 bits per heavy atom. The van der Waals surface area contributed by atoms with Crippen molar-refractivity contribution in [1.82, 2.24) is 0 Å². The second-order valence-electron chi connectivity index (χ2n) is 8.99. The van der Waals surface area contributed by atoms with Crippen LogP contribution in [-0.2, 0) is 10.2 Å². The lowest BCUT2D eigenvalue weighted by molar-refractivity contribution is -0.122. The first-order valence-electron chi connectivity index (χ1n) is 11.2. The second kappa shape index (κ2) is 10.3. The van der Waals surface area contributed by atoms with Crippen molar-refractivity contribution < 1.29 is 14.3 Å². The molecule has 33 heavy (non-hydrogen) atoms. The molecule has 172 valence electrons. The molecule has 1 unspecified atom stereocenters. The average Bonchev–Trinajstić information content (AvgIpc) is 2.80. The smallest absolute Gasteiger partial charge is 0.265 e. The lowest BCUT2D eigenvalue weighted by Gasteiger charge is -2.21.